The predicted octanol–water partition coefficient (Wildman–Crippen LogP) is 1.51. The van der Waals surface area contributed by atoms with E-state index in [1.165, 1.54) is 12.4 Å². The van der Waals surface area contributed by atoms with Crippen LogP contribution < -0.4 is 5.73 Å². The normalized spacial score (nSPS) is 9.64. The molecule has 0 unspecified atom stereocenters. The van der Waals surface area contributed by atoms with Gasteiger partial charge in [0.05, 0.1) is 22.8 Å². The molecule has 110 valence electrons. The number of carboxylic acid groups (broad SMARTS) is 1. The van der Waals surface area contributed by atoms with E-state index in [1.807, 2.05) is 6.07 Å². The molecule has 0 aliphatic heterocycles. The van der Waals surface area contributed by atoms with Crippen LogP contribution in [0.15, 0.2) is 55.0 Å². The van der Waals surface area contributed by atoms with Gasteiger partial charge in [-0.25, -0.2) is 9.78 Å². The third kappa shape index (κ3) is 3.83. The van der Waals surface area contributed by atoms with Gasteiger partial charge < -0.3 is 10.8 Å². The second-order valence-electron chi connectivity index (χ2n) is 4.16. The van der Waals surface area contributed by atoms with Crippen molar-refractivity contribution in [2.75, 3.05) is 0 Å². The average molecular weight is 296 g/mol. The number of fused-ring (bicyclic) bond motifs is 1. The van der Waals surface area contributed by atoms with Gasteiger partial charge in [-0.05, 0) is 24.3 Å². The summed E-state index contributed by atoms with van der Waals surface area (Å²) in [6, 6.07) is 10.4. The van der Waals surface area contributed by atoms with E-state index in [-0.39, 0.29) is 5.69 Å². The molecular formula is C15H12N4O3. The summed E-state index contributed by atoms with van der Waals surface area (Å²) in [7, 11) is 0. The first-order valence-corrected chi connectivity index (χ1v) is 6.23. The monoisotopic (exact) mass is 296 g/mol. The van der Waals surface area contributed by atoms with Crippen molar-refractivity contribution in [1.29, 1.82) is 0 Å². The third-order valence-corrected chi connectivity index (χ3v) is 2.61. The Kier molecular flexibility index (Phi) is 4.71. The van der Waals surface area contributed by atoms with Crippen molar-refractivity contribution in [2.24, 2.45) is 5.73 Å². The number of hydrogen-bond donors (Lipinski definition) is 2. The van der Waals surface area contributed by atoms with Crippen LogP contribution in [0.4, 0.5) is 0 Å². The first-order valence-electron chi connectivity index (χ1n) is 6.23. The zero-order chi connectivity index (χ0) is 15.9. The second-order valence-corrected chi connectivity index (χ2v) is 4.16. The number of hydrogen-bond acceptors (Lipinski definition) is 5. The van der Waals surface area contributed by atoms with Crippen LogP contribution in [0.1, 0.15) is 20.8 Å². The van der Waals surface area contributed by atoms with Gasteiger partial charge in [0.2, 0.25) is 5.91 Å². The summed E-state index contributed by atoms with van der Waals surface area (Å²) in [5.74, 6) is -1.50. The summed E-state index contributed by atoms with van der Waals surface area (Å²) < 4.78 is 0. The van der Waals surface area contributed by atoms with Crippen LogP contribution in [-0.4, -0.2) is 31.9 Å². The van der Waals surface area contributed by atoms with Crippen molar-refractivity contribution in [3.63, 3.8) is 0 Å². The van der Waals surface area contributed by atoms with Gasteiger partial charge in [0.15, 0.2) is 5.69 Å². The first kappa shape index (κ1) is 15.0. The van der Waals surface area contributed by atoms with E-state index in [4.69, 9.17) is 10.8 Å². The van der Waals surface area contributed by atoms with Crippen LogP contribution in [0.3, 0.4) is 0 Å². The van der Waals surface area contributed by atoms with Gasteiger partial charge in [-0.2, -0.15) is 0 Å². The average Bonchev–Trinajstić information content (AvgIpc) is 2.55. The SMILES string of the molecule is NC(=O)c1cccnc1.O=C(O)c1cnc2ccccc2n1. The van der Waals surface area contributed by atoms with Crippen LogP contribution in [0.5, 0.6) is 0 Å². The highest BCUT2D eigenvalue weighted by molar-refractivity contribution is 5.92. The molecule has 0 fully saturated rings. The molecule has 7 nitrogen and oxygen atoms in total. The molecule has 3 rings (SSSR count). The number of carbonyl (C=O) groups is 2. The van der Waals surface area contributed by atoms with E-state index < -0.39 is 11.9 Å². The first-order chi connectivity index (χ1) is 10.6. The number of nitrogens with zero attached hydrogens (tertiary/aromatic N) is 3. The summed E-state index contributed by atoms with van der Waals surface area (Å²) >= 11 is 0. The molecule has 1 amide bonds. The molecule has 3 N–H and O–H groups in total. The Morgan fingerprint density at radius 2 is 1.73 bits per heavy atom. The van der Waals surface area contributed by atoms with Crippen LogP contribution in [-0.2, 0) is 0 Å². The van der Waals surface area contributed by atoms with Gasteiger partial charge in [-0.3, -0.25) is 14.8 Å². The third-order valence-electron chi connectivity index (χ3n) is 2.61. The standard InChI is InChI=1S/C9H6N2O2.C6H6N2O/c12-9(13)8-5-10-6-3-1-2-4-7(6)11-8;7-6(9)5-2-1-3-8-4-5/h1-5H,(H,12,13);1-4H,(H2,7,9). The van der Waals surface area contributed by atoms with E-state index >= 15 is 0 Å². The molecule has 0 radical (unpaired) electrons. The van der Waals surface area contributed by atoms with E-state index in [0.717, 1.165) is 0 Å². The number of nitrogens with two attached hydrogens (primary N) is 1. The highest BCUT2D eigenvalue weighted by atomic mass is 16.4. The molecule has 22 heavy (non-hydrogen) atoms. The molecule has 0 atom stereocenters. The number of amides is 1. The summed E-state index contributed by atoms with van der Waals surface area (Å²) in [6.45, 7) is 0. The topological polar surface area (TPSA) is 119 Å². The minimum absolute atomic E-state index is 0.0290. The number of para-hydroxylation sites is 2. The van der Waals surface area contributed by atoms with E-state index in [2.05, 4.69) is 15.0 Å². The molecule has 0 saturated carbocycles. The van der Waals surface area contributed by atoms with Gasteiger partial charge in [-0.1, -0.05) is 12.1 Å². The fourth-order valence-corrected chi connectivity index (χ4v) is 1.57. The van der Waals surface area contributed by atoms with Crippen molar-refractivity contribution < 1.29 is 14.7 Å². The molecular weight excluding hydrogens is 284 g/mol. The van der Waals surface area contributed by atoms with Crippen molar-refractivity contribution >= 4 is 22.9 Å². The largest absolute Gasteiger partial charge is 0.476 e. The Bertz CT molecular complexity index is 806. The zero-order valence-corrected chi connectivity index (χ0v) is 11.4. The molecule has 2 aromatic heterocycles. The van der Waals surface area contributed by atoms with Gasteiger partial charge in [-0.15, -0.1) is 0 Å². The number of pyridine rings is 1. The number of benzene rings is 1. The minimum atomic E-state index is -1.06. The van der Waals surface area contributed by atoms with Crippen LogP contribution in [0, 0.1) is 0 Å². The van der Waals surface area contributed by atoms with E-state index in [0.29, 0.717) is 16.6 Å². The van der Waals surface area contributed by atoms with Crippen molar-refractivity contribution in [1.82, 2.24) is 15.0 Å². The lowest BCUT2D eigenvalue weighted by Gasteiger charge is -1.96. The Morgan fingerprint density at radius 1 is 1.00 bits per heavy atom. The van der Waals surface area contributed by atoms with E-state index in [9.17, 15) is 9.59 Å². The maximum absolute atomic E-state index is 10.5. The number of aromatic nitrogens is 3. The number of rotatable bonds is 2. The van der Waals surface area contributed by atoms with Gasteiger partial charge in [0, 0.05) is 12.4 Å². The van der Waals surface area contributed by atoms with Crippen molar-refractivity contribution in [2.45, 2.75) is 0 Å². The predicted molar refractivity (Wildman–Crippen MR) is 79.3 cm³/mol. The molecule has 0 aliphatic carbocycles. The lowest BCUT2D eigenvalue weighted by molar-refractivity contribution is 0.0690. The van der Waals surface area contributed by atoms with Crippen LogP contribution >= 0.6 is 0 Å². The molecule has 3 aromatic rings. The minimum Gasteiger partial charge on any atom is -0.476 e. The van der Waals surface area contributed by atoms with Gasteiger partial charge in [0.25, 0.3) is 0 Å². The lowest BCUT2D eigenvalue weighted by atomic mass is 10.3. The quantitative estimate of drug-likeness (QED) is 0.739. The molecule has 7 heteroatoms. The molecule has 0 aliphatic rings. The molecule has 0 saturated heterocycles. The fourth-order valence-electron chi connectivity index (χ4n) is 1.57. The Balaban J connectivity index is 0.000000172. The maximum atomic E-state index is 10.5. The Morgan fingerprint density at radius 3 is 2.27 bits per heavy atom. The zero-order valence-electron chi connectivity index (χ0n) is 11.4. The molecule has 2 heterocycles. The van der Waals surface area contributed by atoms with Crippen molar-refractivity contribution in [3.05, 3.63) is 66.2 Å². The van der Waals surface area contributed by atoms with Gasteiger partial charge >= 0.3 is 5.97 Å². The number of aromatic carboxylic acids is 1. The number of carbonyl (C=O) groups excluding carboxylic acids is 1. The summed E-state index contributed by atoms with van der Waals surface area (Å²) in [5, 5.41) is 8.64. The smallest absolute Gasteiger partial charge is 0.356 e. The van der Waals surface area contributed by atoms with Crippen molar-refractivity contribution in [3.8, 4) is 0 Å². The Labute approximate surface area is 125 Å². The summed E-state index contributed by atoms with van der Waals surface area (Å²) in [5.41, 5.74) is 6.65. The molecule has 0 bridgehead atoms. The second kappa shape index (κ2) is 6.89. The highest BCUT2D eigenvalue weighted by Gasteiger charge is 2.05. The molecule has 0 spiro atoms. The number of carboxylic acids is 1. The lowest BCUT2D eigenvalue weighted by Crippen LogP contribution is -2.10. The van der Waals surface area contributed by atoms with Gasteiger partial charge in [0.1, 0.15) is 0 Å². The fraction of sp³-hybridized carbons (Fsp3) is 0. The Hall–Kier alpha value is -3.35. The molecule has 1 aromatic carbocycles. The summed E-state index contributed by atoms with van der Waals surface area (Å²) in [4.78, 5) is 32.5. The van der Waals surface area contributed by atoms with Crippen LogP contribution in [0.2, 0.25) is 0 Å². The highest BCUT2D eigenvalue weighted by Crippen LogP contribution is 2.07. The number of primary amides is 1. The summed E-state index contributed by atoms with van der Waals surface area (Å²) in [6.07, 6.45) is 4.28. The van der Waals surface area contributed by atoms with Crippen LogP contribution in [0.25, 0.3) is 11.0 Å². The maximum Gasteiger partial charge on any atom is 0.356 e. The van der Waals surface area contributed by atoms with E-state index in [1.54, 1.807) is 36.5 Å².